The lowest BCUT2D eigenvalue weighted by atomic mass is 10.1. The van der Waals surface area contributed by atoms with E-state index in [1.165, 1.54) is 0 Å². The summed E-state index contributed by atoms with van der Waals surface area (Å²) in [5.74, 6) is 0.247. The van der Waals surface area contributed by atoms with E-state index >= 15 is 0 Å². The number of nitrogens with zero attached hydrogens (tertiary/aromatic N) is 1. The van der Waals surface area contributed by atoms with Crippen LogP contribution in [0.5, 0.6) is 5.75 Å². The molecule has 1 unspecified atom stereocenters. The third-order valence-corrected chi connectivity index (χ3v) is 4.91. The summed E-state index contributed by atoms with van der Waals surface area (Å²) in [4.78, 5) is 26.0. The van der Waals surface area contributed by atoms with Crippen LogP contribution in [0.3, 0.4) is 0 Å². The molecular weight excluding hydrogens is 408 g/mol. The van der Waals surface area contributed by atoms with E-state index in [2.05, 4.69) is 27.8 Å². The molecule has 1 atom stereocenters. The van der Waals surface area contributed by atoms with E-state index in [0.29, 0.717) is 19.7 Å². The summed E-state index contributed by atoms with van der Waals surface area (Å²) < 4.78 is 6.82. The molecule has 1 heterocycles. The van der Waals surface area contributed by atoms with Crippen LogP contribution >= 0.6 is 15.9 Å². The van der Waals surface area contributed by atoms with Gasteiger partial charge in [0.05, 0.1) is 5.92 Å². The van der Waals surface area contributed by atoms with Crippen LogP contribution in [0.2, 0.25) is 0 Å². The number of amides is 2. The minimum Gasteiger partial charge on any atom is -0.489 e. The smallest absolute Gasteiger partial charge is 0.227 e. The first kappa shape index (κ1) is 19.2. The summed E-state index contributed by atoms with van der Waals surface area (Å²) >= 11 is 3.41. The van der Waals surface area contributed by atoms with E-state index in [4.69, 9.17) is 4.74 Å². The molecule has 6 heteroatoms. The van der Waals surface area contributed by atoms with Gasteiger partial charge in [0.25, 0.3) is 0 Å². The topological polar surface area (TPSA) is 58.6 Å². The third kappa shape index (κ3) is 4.98. The maximum atomic E-state index is 12.3. The molecule has 5 nitrogen and oxygen atoms in total. The predicted molar refractivity (Wildman–Crippen MR) is 109 cm³/mol. The number of carbonyl (C=O) groups is 2. The molecule has 0 saturated carbocycles. The van der Waals surface area contributed by atoms with Gasteiger partial charge >= 0.3 is 0 Å². The summed E-state index contributed by atoms with van der Waals surface area (Å²) in [5, 5.41) is 2.75. The fraction of sp³-hybridized carbons (Fsp3) is 0.238. The van der Waals surface area contributed by atoms with Gasteiger partial charge in [-0.3, -0.25) is 9.59 Å². The van der Waals surface area contributed by atoms with Gasteiger partial charge in [0.15, 0.2) is 0 Å². The predicted octanol–water partition coefficient (Wildman–Crippen LogP) is 3.68. The molecule has 140 valence electrons. The van der Waals surface area contributed by atoms with Gasteiger partial charge in [-0.15, -0.1) is 6.58 Å². The first-order chi connectivity index (χ1) is 13.1. The van der Waals surface area contributed by atoms with Crippen LogP contribution < -0.4 is 15.0 Å². The Morgan fingerprint density at radius 3 is 2.59 bits per heavy atom. The Kier molecular flexibility index (Phi) is 6.29. The van der Waals surface area contributed by atoms with Crippen LogP contribution in [0.25, 0.3) is 0 Å². The minimum absolute atomic E-state index is 0.0442. The zero-order chi connectivity index (χ0) is 19.2. The maximum absolute atomic E-state index is 12.3. The van der Waals surface area contributed by atoms with Gasteiger partial charge in [-0.05, 0) is 42.0 Å². The zero-order valence-corrected chi connectivity index (χ0v) is 16.4. The molecule has 3 rings (SSSR count). The molecule has 1 aliphatic heterocycles. The van der Waals surface area contributed by atoms with Gasteiger partial charge in [-0.1, -0.05) is 34.1 Å². The number of halogens is 1. The second-order valence-electron chi connectivity index (χ2n) is 6.35. The quantitative estimate of drug-likeness (QED) is 0.684. The van der Waals surface area contributed by atoms with E-state index in [-0.39, 0.29) is 24.2 Å². The molecule has 1 fully saturated rings. The molecule has 0 aromatic heterocycles. The molecule has 0 radical (unpaired) electrons. The van der Waals surface area contributed by atoms with Crippen LogP contribution in [0.15, 0.2) is 65.7 Å². The standard InChI is InChI=1S/C21H21BrN2O3/c1-2-11-23-21(26)16-12-20(25)24(13-16)18-7-9-19(10-8-18)27-14-15-3-5-17(22)6-4-15/h2-10,16H,1,11-14H2,(H,23,26). The van der Waals surface area contributed by atoms with Gasteiger partial charge in [-0.2, -0.15) is 0 Å². The summed E-state index contributed by atoms with van der Waals surface area (Å²) in [5.41, 5.74) is 1.85. The first-order valence-electron chi connectivity index (χ1n) is 8.73. The van der Waals surface area contributed by atoms with Crippen molar-refractivity contribution in [2.24, 2.45) is 5.92 Å². The van der Waals surface area contributed by atoms with Crippen LogP contribution in [0, 0.1) is 5.92 Å². The lowest BCUT2D eigenvalue weighted by molar-refractivity contribution is -0.126. The largest absolute Gasteiger partial charge is 0.489 e. The molecule has 0 aliphatic carbocycles. The molecule has 1 saturated heterocycles. The van der Waals surface area contributed by atoms with Crippen LogP contribution in [-0.4, -0.2) is 24.9 Å². The molecule has 2 aromatic rings. The zero-order valence-electron chi connectivity index (χ0n) is 14.9. The molecule has 1 N–H and O–H groups in total. The van der Waals surface area contributed by atoms with Crippen molar-refractivity contribution in [3.8, 4) is 5.75 Å². The van der Waals surface area contributed by atoms with Crippen molar-refractivity contribution >= 4 is 33.4 Å². The van der Waals surface area contributed by atoms with E-state index in [9.17, 15) is 9.59 Å². The summed E-state index contributed by atoms with van der Waals surface area (Å²) in [7, 11) is 0. The van der Waals surface area contributed by atoms with Crippen LogP contribution in [0.1, 0.15) is 12.0 Å². The number of hydrogen-bond donors (Lipinski definition) is 1. The molecule has 1 aliphatic rings. The van der Waals surface area contributed by atoms with Crippen molar-refractivity contribution < 1.29 is 14.3 Å². The lowest BCUT2D eigenvalue weighted by Crippen LogP contribution is -2.32. The lowest BCUT2D eigenvalue weighted by Gasteiger charge is -2.17. The van der Waals surface area contributed by atoms with Crippen molar-refractivity contribution in [2.75, 3.05) is 18.0 Å². The molecule has 0 spiro atoms. The number of anilines is 1. The third-order valence-electron chi connectivity index (χ3n) is 4.38. The summed E-state index contributed by atoms with van der Waals surface area (Å²) in [6, 6.07) is 15.3. The van der Waals surface area contributed by atoms with Crippen molar-refractivity contribution in [1.29, 1.82) is 0 Å². The summed E-state index contributed by atoms with van der Waals surface area (Å²) in [6.07, 6.45) is 1.85. The van der Waals surface area contributed by atoms with Crippen LogP contribution in [0.4, 0.5) is 5.69 Å². The van der Waals surface area contributed by atoms with Gasteiger partial charge in [-0.25, -0.2) is 0 Å². The van der Waals surface area contributed by atoms with E-state index in [1.54, 1.807) is 11.0 Å². The monoisotopic (exact) mass is 428 g/mol. The Labute approximate surface area is 167 Å². The Morgan fingerprint density at radius 2 is 1.93 bits per heavy atom. The molecule has 0 bridgehead atoms. The second kappa shape index (κ2) is 8.86. The molecule has 2 amide bonds. The summed E-state index contributed by atoms with van der Waals surface area (Å²) in [6.45, 7) is 4.85. The number of benzene rings is 2. The Morgan fingerprint density at radius 1 is 1.22 bits per heavy atom. The van der Waals surface area contributed by atoms with Crippen molar-refractivity contribution in [3.63, 3.8) is 0 Å². The molecule has 27 heavy (non-hydrogen) atoms. The van der Waals surface area contributed by atoms with E-state index < -0.39 is 0 Å². The van der Waals surface area contributed by atoms with Gasteiger partial charge in [0, 0.05) is 29.7 Å². The number of ether oxygens (including phenoxy) is 1. The van der Waals surface area contributed by atoms with Crippen molar-refractivity contribution in [1.82, 2.24) is 5.32 Å². The molecular formula is C21H21BrN2O3. The first-order valence-corrected chi connectivity index (χ1v) is 9.52. The SMILES string of the molecule is C=CCNC(=O)C1CC(=O)N(c2ccc(OCc3ccc(Br)cc3)cc2)C1. The normalized spacial score (nSPS) is 16.3. The maximum Gasteiger partial charge on any atom is 0.227 e. The number of rotatable bonds is 7. The highest BCUT2D eigenvalue weighted by atomic mass is 79.9. The van der Waals surface area contributed by atoms with Crippen molar-refractivity contribution in [3.05, 3.63) is 71.2 Å². The average molecular weight is 429 g/mol. The van der Waals surface area contributed by atoms with E-state index in [1.807, 2.05) is 48.5 Å². The highest BCUT2D eigenvalue weighted by Crippen LogP contribution is 2.27. The average Bonchev–Trinajstić information content (AvgIpc) is 3.08. The fourth-order valence-corrected chi connectivity index (χ4v) is 3.18. The van der Waals surface area contributed by atoms with Crippen molar-refractivity contribution in [2.45, 2.75) is 13.0 Å². The van der Waals surface area contributed by atoms with E-state index in [0.717, 1.165) is 21.5 Å². The minimum atomic E-state index is -0.328. The Hall–Kier alpha value is -2.60. The molecule has 2 aromatic carbocycles. The number of hydrogen-bond acceptors (Lipinski definition) is 3. The van der Waals surface area contributed by atoms with Gasteiger partial charge in [0.2, 0.25) is 11.8 Å². The number of nitrogens with one attached hydrogen (secondary N) is 1. The second-order valence-corrected chi connectivity index (χ2v) is 7.26. The number of carbonyl (C=O) groups excluding carboxylic acids is 2. The van der Waals surface area contributed by atoms with Crippen LogP contribution in [-0.2, 0) is 16.2 Å². The Bertz CT molecular complexity index is 818. The Balaban J connectivity index is 1.58. The highest BCUT2D eigenvalue weighted by Gasteiger charge is 2.34. The fourth-order valence-electron chi connectivity index (χ4n) is 2.92. The van der Waals surface area contributed by atoms with Gasteiger partial charge < -0.3 is 15.0 Å². The highest BCUT2D eigenvalue weighted by molar-refractivity contribution is 9.10. The van der Waals surface area contributed by atoms with Gasteiger partial charge in [0.1, 0.15) is 12.4 Å².